The lowest BCUT2D eigenvalue weighted by atomic mass is 10.2. The van der Waals surface area contributed by atoms with Crippen LogP contribution in [0.15, 0.2) is 24.3 Å². The number of anilines is 1. The van der Waals surface area contributed by atoms with Crippen molar-refractivity contribution in [2.24, 2.45) is 0 Å². The van der Waals surface area contributed by atoms with E-state index in [1.54, 1.807) is 36.2 Å². The van der Waals surface area contributed by atoms with Crippen LogP contribution in [0.4, 0.5) is 10.5 Å². The molecule has 0 saturated heterocycles. The number of halogens is 1. The van der Waals surface area contributed by atoms with Crippen LogP contribution in [0.1, 0.15) is 20.4 Å². The van der Waals surface area contributed by atoms with Gasteiger partial charge >= 0.3 is 6.03 Å². The van der Waals surface area contributed by atoms with Crippen LogP contribution in [0.25, 0.3) is 0 Å². The first kappa shape index (κ1) is 16.7. The predicted molar refractivity (Wildman–Crippen MR) is 95.0 cm³/mol. The molecule has 0 bridgehead atoms. The Morgan fingerprint density at radius 1 is 1.29 bits per heavy atom. The standard InChI is InChI=1S/C16H17ClN4O2S/c1-18-16(23)21-7-5-12-13(6-8-21)24-15(20-12)14(22)19-11-4-2-3-10(17)9-11/h2-4,9H,5-8H2,1H3,(H,18,23)(H,19,22). The summed E-state index contributed by atoms with van der Waals surface area (Å²) in [6.07, 6.45) is 1.37. The number of aromatic nitrogens is 1. The maximum atomic E-state index is 12.4. The summed E-state index contributed by atoms with van der Waals surface area (Å²) in [5, 5.41) is 6.45. The van der Waals surface area contributed by atoms with Crippen molar-refractivity contribution in [3.8, 4) is 0 Å². The smallest absolute Gasteiger partial charge is 0.317 e. The summed E-state index contributed by atoms with van der Waals surface area (Å²) in [7, 11) is 1.62. The first-order valence-corrected chi connectivity index (χ1v) is 8.78. The summed E-state index contributed by atoms with van der Waals surface area (Å²) in [5.74, 6) is -0.238. The molecular weight excluding hydrogens is 348 g/mol. The second kappa shape index (κ2) is 7.19. The molecule has 2 heterocycles. The lowest BCUT2D eigenvalue weighted by molar-refractivity contribution is 0.102. The van der Waals surface area contributed by atoms with Crippen LogP contribution >= 0.6 is 22.9 Å². The van der Waals surface area contributed by atoms with Gasteiger partial charge in [-0.25, -0.2) is 9.78 Å². The molecule has 6 nitrogen and oxygen atoms in total. The number of fused-ring (bicyclic) bond motifs is 1. The summed E-state index contributed by atoms with van der Waals surface area (Å²) in [6.45, 7) is 1.23. The van der Waals surface area contributed by atoms with Gasteiger partial charge < -0.3 is 15.5 Å². The van der Waals surface area contributed by atoms with E-state index in [1.807, 2.05) is 0 Å². The van der Waals surface area contributed by atoms with Crippen LogP contribution in [0.2, 0.25) is 5.02 Å². The molecule has 0 saturated carbocycles. The molecule has 1 aromatic carbocycles. The van der Waals surface area contributed by atoms with Gasteiger partial charge in [-0.1, -0.05) is 17.7 Å². The number of nitrogens with one attached hydrogen (secondary N) is 2. The normalized spacial score (nSPS) is 13.8. The Kier molecular flexibility index (Phi) is 5.01. The molecule has 0 unspecified atom stereocenters. The van der Waals surface area contributed by atoms with E-state index in [-0.39, 0.29) is 11.9 Å². The minimum absolute atomic E-state index is 0.0796. The van der Waals surface area contributed by atoms with Crippen molar-refractivity contribution >= 4 is 40.6 Å². The highest BCUT2D eigenvalue weighted by Gasteiger charge is 2.22. The predicted octanol–water partition coefficient (Wildman–Crippen LogP) is 2.79. The Morgan fingerprint density at radius 2 is 2.08 bits per heavy atom. The van der Waals surface area contributed by atoms with Crippen LogP contribution in [-0.4, -0.2) is 42.0 Å². The Hall–Kier alpha value is -2.12. The van der Waals surface area contributed by atoms with E-state index < -0.39 is 0 Å². The van der Waals surface area contributed by atoms with Crippen LogP contribution < -0.4 is 10.6 Å². The molecule has 0 aliphatic carbocycles. The van der Waals surface area contributed by atoms with Gasteiger partial charge in [0.05, 0.1) is 5.69 Å². The lowest BCUT2D eigenvalue weighted by Crippen LogP contribution is -2.39. The van der Waals surface area contributed by atoms with Crippen molar-refractivity contribution in [3.63, 3.8) is 0 Å². The van der Waals surface area contributed by atoms with Gasteiger partial charge in [0.2, 0.25) is 0 Å². The highest BCUT2D eigenvalue weighted by atomic mass is 35.5. The Bertz CT molecular complexity index is 752. The van der Waals surface area contributed by atoms with E-state index in [9.17, 15) is 9.59 Å². The quantitative estimate of drug-likeness (QED) is 0.860. The van der Waals surface area contributed by atoms with Gasteiger partial charge in [-0.05, 0) is 18.2 Å². The van der Waals surface area contributed by atoms with E-state index in [4.69, 9.17) is 11.6 Å². The number of thiazole rings is 1. The number of carbonyl (C=O) groups is 2. The van der Waals surface area contributed by atoms with E-state index in [0.29, 0.717) is 41.6 Å². The second-order valence-electron chi connectivity index (χ2n) is 5.40. The number of benzene rings is 1. The van der Waals surface area contributed by atoms with Gasteiger partial charge in [0.15, 0.2) is 5.01 Å². The maximum Gasteiger partial charge on any atom is 0.317 e. The monoisotopic (exact) mass is 364 g/mol. The number of hydrogen-bond acceptors (Lipinski definition) is 4. The highest BCUT2D eigenvalue weighted by molar-refractivity contribution is 7.13. The molecule has 3 amide bonds. The largest absolute Gasteiger partial charge is 0.341 e. The maximum absolute atomic E-state index is 12.4. The fourth-order valence-electron chi connectivity index (χ4n) is 2.57. The summed E-state index contributed by atoms with van der Waals surface area (Å²) in [4.78, 5) is 31.4. The average molecular weight is 365 g/mol. The molecule has 0 fully saturated rings. The molecule has 0 atom stereocenters. The molecule has 0 radical (unpaired) electrons. The summed E-state index contributed by atoms with van der Waals surface area (Å²) in [5.41, 5.74) is 1.55. The van der Waals surface area contributed by atoms with Gasteiger partial charge in [-0.15, -0.1) is 11.3 Å². The fraction of sp³-hybridized carbons (Fsp3) is 0.312. The van der Waals surface area contributed by atoms with Crippen molar-refractivity contribution in [1.29, 1.82) is 0 Å². The zero-order valence-electron chi connectivity index (χ0n) is 13.1. The number of carbonyl (C=O) groups excluding carboxylic acids is 2. The molecule has 0 spiro atoms. The SMILES string of the molecule is CNC(=O)N1CCc2nc(C(=O)Nc3cccc(Cl)c3)sc2CC1. The topological polar surface area (TPSA) is 74.3 Å². The van der Waals surface area contributed by atoms with Crippen molar-refractivity contribution in [2.75, 3.05) is 25.5 Å². The molecule has 1 aliphatic heterocycles. The number of nitrogens with zero attached hydrogens (tertiary/aromatic N) is 2. The van der Waals surface area contributed by atoms with Gasteiger partial charge in [0.25, 0.3) is 5.91 Å². The summed E-state index contributed by atoms with van der Waals surface area (Å²) < 4.78 is 0. The molecule has 1 aromatic heterocycles. The third-order valence-electron chi connectivity index (χ3n) is 3.78. The Morgan fingerprint density at radius 3 is 2.83 bits per heavy atom. The minimum atomic E-state index is -0.238. The average Bonchev–Trinajstić information content (AvgIpc) is 2.88. The van der Waals surface area contributed by atoms with Crippen LogP contribution in [0, 0.1) is 0 Å². The third kappa shape index (κ3) is 3.68. The molecule has 2 N–H and O–H groups in total. The van der Waals surface area contributed by atoms with Gasteiger partial charge in [0.1, 0.15) is 0 Å². The van der Waals surface area contributed by atoms with Crippen LogP contribution in [-0.2, 0) is 12.8 Å². The molecule has 8 heteroatoms. The number of urea groups is 1. The van der Waals surface area contributed by atoms with Crippen LogP contribution in [0.5, 0.6) is 0 Å². The molecule has 2 aromatic rings. The minimum Gasteiger partial charge on any atom is -0.341 e. The zero-order chi connectivity index (χ0) is 17.1. The van der Waals surface area contributed by atoms with Crippen molar-refractivity contribution in [1.82, 2.24) is 15.2 Å². The second-order valence-corrected chi connectivity index (χ2v) is 6.92. The third-order valence-corrected chi connectivity index (χ3v) is 5.17. The molecule has 126 valence electrons. The van der Waals surface area contributed by atoms with Gasteiger partial charge in [0, 0.05) is 48.6 Å². The van der Waals surface area contributed by atoms with Gasteiger partial charge in [-0.2, -0.15) is 0 Å². The van der Waals surface area contributed by atoms with Crippen LogP contribution in [0.3, 0.4) is 0 Å². The van der Waals surface area contributed by atoms with E-state index in [2.05, 4.69) is 15.6 Å². The lowest BCUT2D eigenvalue weighted by Gasteiger charge is -2.19. The number of hydrogen-bond donors (Lipinski definition) is 2. The first-order valence-electron chi connectivity index (χ1n) is 7.59. The molecular formula is C16H17ClN4O2S. The zero-order valence-corrected chi connectivity index (χ0v) is 14.7. The van der Waals surface area contributed by atoms with E-state index in [0.717, 1.165) is 10.6 Å². The van der Waals surface area contributed by atoms with Crippen molar-refractivity contribution in [3.05, 3.63) is 44.9 Å². The van der Waals surface area contributed by atoms with E-state index >= 15 is 0 Å². The number of amides is 3. The van der Waals surface area contributed by atoms with Gasteiger partial charge in [-0.3, -0.25) is 4.79 Å². The molecule has 3 rings (SSSR count). The molecule has 1 aliphatic rings. The summed E-state index contributed by atoms with van der Waals surface area (Å²) >= 11 is 7.31. The Balaban J connectivity index is 1.70. The van der Waals surface area contributed by atoms with Crippen molar-refractivity contribution < 1.29 is 9.59 Å². The summed E-state index contributed by atoms with van der Waals surface area (Å²) in [6, 6.07) is 6.93. The number of rotatable bonds is 2. The fourth-order valence-corrected chi connectivity index (χ4v) is 3.75. The van der Waals surface area contributed by atoms with E-state index in [1.165, 1.54) is 11.3 Å². The molecule has 24 heavy (non-hydrogen) atoms. The Labute approximate surface area is 148 Å². The van der Waals surface area contributed by atoms with Crippen molar-refractivity contribution in [2.45, 2.75) is 12.8 Å². The first-order chi connectivity index (χ1) is 11.6. The highest BCUT2D eigenvalue weighted by Crippen LogP contribution is 2.24.